The number of hydrogen-bond donors (Lipinski definition) is 2. The zero-order valence-electron chi connectivity index (χ0n) is 18.7. The van der Waals surface area contributed by atoms with Crippen molar-refractivity contribution in [3.8, 4) is 11.5 Å². The Kier molecular flexibility index (Phi) is 5.42. The van der Waals surface area contributed by atoms with Gasteiger partial charge >= 0.3 is 6.03 Å². The summed E-state index contributed by atoms with van der Waals surface area (Å²) in [6, 6.07) is 18.4. The smallest absolute Gasteiger partial charge is 0.331 e. The molecule has 2 aliphatic rings. The molecule has 6 rings (SSSR count). The lowest BCUT2D eigenvalue weighted by Crippen LogP contribution is -2.37. The molecular weight excluding hydrogens is 460 g/mol. The predicted octanol–water partition coefficient (Wildman–Crippen LogP) is 6.61. The Labute approximate surface area is 206 Å². The molecule has 0 unspecified atom stereocenters. The minimum atomic E-state index is -0.324. The molecule has 4 aromatic rings. The van der Waals surface area contributed by atoms with Crippen LogP contribution in [-0.4, -0.2) is 23.0 Å². The third kappa shape index (κ3) is 4.02. The molecule has 8 heteroatoms. The molecular formula is C27H22N4O3S. The third-order valence-corrected chi connectivity index (χ3v) is 7.23. The van der Waals surface area contributed by atoms with Crippen LogP contribution < -0.4 is 20.3 Å². The molecule has 2 aromatic heterocycles. The average Bonchev–Trinajstić information content (AvgIpc) is 3.26. The fourth-order valence-corrected chi connectivity index (χ4v) is 5.49. The van der Waals surface area contributed by atoms with Crippen molar-refractivity contribution in [2.24, 2.45) is 0 Å². The molecule has 3 heterocycles. The quantitative estimate of drug-likeness (QED) is 0.314. The van der Waals surface area contributed by atoms with Crippen LogP contribution in [0.1, 0.15) is 28.9 Å². The number of benzene rings is 2. The first-order valence-electron chi connectivity index (χ1n) is 11.5. The highest BCUT2D eigenvalue weighted by molar-refractivity contribution is 7.21. The predicted molar refractivity (Wildman–Crippen MR) is 138 cm³/mol. The van der Waals surface area contributed by atoms with Gasteiger partial charge in [-0.2, -0.15) is 0 Å². The zero-order valence-corrected chi connectivity index (χ0v) is 19.5. The fraction of sp³-hybridized carbons (Fsp3) is 0.148. The van der Waals surface area contributed by atoms with E-state index in [1.807, 2.05) is 54.6 Å². The van der Waals surface area contributed by atoms with Crippen molar-refractivity contribution < 1.29 is 14.3 Å². The van der Waals surface area contributed by atoms with Gasteiger partial charge in [0.1, 0.15) is 21.2 Å². The number of nitrogens with one attached hydrogen (secondary N) is 2. The number of pyridine rings is 1. The Morgan fingerprint density at radius 3 is 2.63 bits per heavy atom. The van der Waals surface area contributed by atoms with Gasteiger partial charge in [-0.1, -0.05) is 30.4 Å². The number of rotatable bonds is 5. The number of urea groups is 1. The molecule has 0 fully saturated rings. The molecule has 1 aliphatic heterocycles. The van der Waals surface area contributed by atoms with Gasteiger partial charge in [0.05, 0.1) is 22.4 Å². The van der Waals surface area contributed by atoms with Gasteiger partial charge in [-0.25, -0.2) is 9.78 Å². The van der Waals surface area contributed by atoms with E-state index in [0.29, 0.717) is 32.5 Å². The number of carbonyl (C=O) groups excluding carboxylic acids is 2. The maximum atomic E-state index is 13.3. The molecule has 0 saturated heterocycles. The van der Waals surface area contributed by atoms with Crippen LogP contribution in [0, 0.1) is 0 Å². The molecule has 1 aliphatic carbocycles. The monoisotopic (exact) mass is 482 g/mol. The van der Waals surface area contributed by atoms with Crippen molar-refractivity contribution in [3.63, 3.8) is 0 Å². The highest BCUT2D eigenvalue weighted by Crippen LogP contribution is 2.45. The summed E-state index contributed by atoms with van der Waals surface area (Å²) in [5.74, 6) is 1.24. The van der Waals surface area contributed by atoms with Gasteiger partial charge in [0.25, 0.3) is 5.91 Å². The lowest BCUT2D eigenvalue weighted by Gasteiger charge is -2.28. The lowest BCUT2D eigenvalue weighted by atomic mass is 10.0. The number of aromatic nitrogens is 1. The summed E-state index contributed by atoms with van der Waals surface area (Å²) in [5.41, 5.74) is 1.91. The molecule has 0 radical (unpaired) electrons. The van der Waals surface area contributed by atoms with E-state index in [2.05, 4.69) is 27.8 Å². The minimum absolute atomic E-state index is 0.102. The van der Waals surface area contributed by atoms with E-state index in [-0.39, 0.29) is 18.0 Å². The van der Waals surface area contributed by atoms with Crippen LogP contribution in [-0.2, 0) is 0 Å². The van der Waals surface area contributed by atoms with Crippen LogP contribution in [0.4, 0.5) is 21.9 Å². The number of nitrogens with zero attached hydrogens (tertiary/aromatic N) is 2. The van der Waals surface area contributed by atoms with Crippen molar-refractivity contribution in [1.29, 1.82) is 0 Å². The van der Waals surface area contributed by atoms with Crippen LogP contribution >= 0.6 is 11.3 Å². The number of allylic oxidation sites excluding steroid dienone is 1. The topological polar surface area (TPSA) is 83.6 Å². The molecule has 2 N–H and O–H groups in total. The van der Waals surface area contributed by atoms with Crippen LogP contribution in [0.5, 0.6) is 11.5 Å². The summed E-state index contributed by atoms with van der Waals surface area (Å²) in [6.07, 6.45) is 8.59. The maximum Gasteiger partial charge on any atom is 0.331 e. The molecule has 174 valence electrons. The van der Waals surface area contributed by atoms with Crippen LogP contribution in [0.25, 0.3) is 10.2 Å². The Balaban J connectivity index is 1.32. The number of hydrogen-bond acceptors (Lipinski definition) is 5. The number of carbonyl (C=O) groups is 2. The number of thiophene rings is 1. The van der Waals surface area contributed by atoms with E-state index in [1.54, 1.807) is 17.2 Å². The van der Waals surface area contributed by atoms with Gasteiger partial charge in [0.15, 0.2) is 0 Å². The first-order chi connectivity index (χ1) is 17.2. The van der Waals surface area contributed by atoms with Crippen LogP contribution in [0.2, 0.25) is 0 Å². The molecule has 7 nitrogen and oxygen atoms in total. The summed E-state index contributed by atoms with van der Waals surface area (Å²) in [5, 5.41) is 6.83. The second-order valence-electron chi connectivity index (χ2n) is 8.45. The number of para-hydroxylation sites is 1. The van der Waals surface area contributed by atoms with E-state index in [9.17, 15) is 9.59 Å². The largest absolute Gasteiger partial charge is 0.457 e. The van der Waals surface area contributed by atoms with Gasteiger partial charge < -0.3 is 15.4 Å². The Bertz CT molecular complexity index is 1450. The first kappa shape index (κ1) is 21.4. The third-order valence-electron chi connectivity index (χ3n) is 6.13. The highest BCUT2D eigenvalue weighted by Gasteiger charge is 2.33. The summed E-state index contributed by atoms with van der Waals surface area (Å²) < 4.78 is 5.88. The molecule has 1 atom stereocenters. The summed E-state index contributed by atoms with van der Waals surface area (Å²) in [7, 11) is 0. The zero-order chi connectivity index (χ0) is 23.8. The molecule has 0 saturated carbocycles. The summed E-state index contributed by atoms with van der Waals surface area (Å²) in [4.78, 5) is 33.6. The number of amides is 3. The second-order valence-corrected chi connectivity index (χ2v) is 9.44. The Morgan fingerprint density at radius 1 is 1.06 bits per heavy atom. The van der Waals surface area contributed by atoms with E-state index >= 15 is 0 Å². The number of ether oxygens (including phenoxy) is 1. The van der Waals surface area contributed by atoms with Crippen molar-refractivity contribution in [1.82, 2.24) is 10.3 Å². The second kappa shape index (κ2) is 8.88. The normalized spacial score (nSPS) is 16.7. The molecule has 3 amide bonds. The van der Waals surface area contributed by atoms with Crippen molar-refractivity contribution in [2.75, 3.05) is 10.2 Å². The Hall–Kier alpha value is -4.17. The molecule has 35 heavy (non-hydrogen) atoms. The van der Waals surface area contributed by atoms with Gasteiger partial charge in [-0.05, 0) is 61.7 Å². The molecule has 0 spiro atoms. The molecule has 0 bridgehead atoms. The summed E-state index contributed by atoms with van der Waals surface area (Å²) >= 11 is 1.30. The summed E-state index contributed by atoms with van der Waals surface area (Å²) in [6.45, 7) is 0. The van der Waals surface area contributed by atoms with E-state index < -0.39 is 0 Å². The minimum Gasteiger partial charge on any atom is -0.457 e. The van der Waals surface area contributed by atoms with Crippen LogP contribution in [0.3, 0.4) is 0 Å². The van der Waals surface area contributed by atoms with E-state index in [0.717, 1.165) is 30.4 Å². The average molecular weight is 483 g/mol. The standard InChI is InChI=1S/C27H22N4O3S/c32-25(29-17-7-3-1-4-8-17)24-23-22-21(15-16-28-26(22)35-24)31(27(33)30-23)18-11-13-20(14-12-18)34-19-9-5-2-6-10-19/h1-3,5-6,9-17H,4,7-8H2,(H,29,32)(H,30,33)/t17-/m1/s1. The van der Waals surface area contributed by atoms with Gasteiger partial charge in [-0.3, -0.25) is 9.69 Å². The number of anilines is 3. The fourth-order valence-electron chi connectivity index (χ4n) is 4.46. The van der Waals surface area contributed by atoms with E-state index in [1.165, 1.54) is 11.3 Å². The maximum absolute atomic E-state index is 13.3. The van der Waals surface area contributed by atoms with E-state index in [4.69, 9.17) is 4.74 Å². The first-order valence-corrected chi connectivity index (χ1v) is 12.3. The van der Waals surface area contributed by atoms with Crippen LogP contribution in [0.15, 0.2) is 79.0 Å². The van der Waals surface area contributed by atoms with Gasteiger partial charge in [0.2, 0.25) is 0 Å². The van der Waals surface area contributed by atoms with Crippen molar-refractivity contribution in [3.05, 3.63) is 83.9 Å². The molecule has 2 aromatic carbocycles. The van der Waals surface area contributed by atoms with Crippen molar-refractivity contribution >= 4 is 50.6 Å². The Morgan fingerprint density at radius 2 is 1.86 bits per heavy atom. The van der Waals surface area contributed by atoms with Crippen molar-refractivity contribution in [2.45, 2.75) is 25.3 Å². The van der Waals surface area contributed by atoms with Gasteiger partial charge in [0, 0.05) is 12.2 Å². The van der Waals surface area contributed by atoms with Gasteiger partial charge in [-0.15, -0.1) is 11.3 Å². The SMILES string of the molecule is O=C(N[C@@H]1CC=CCC1)c1sc2nccc3c2c1NC(=O)N3c1ccc(Oc2ccccc2)cc1. The lowest BCUT2D eigenvalue weighted by molar-refractivity contribution is 0.0939. The highest BCUT2D eigenvalue weighted by atomic mass is 32.1.